The fourth-order valence-electron chi connectivity index (χ4n) is 1.97. The number of sulfone groups is 1. The number of hydrogen-bond donors (Lipinski definition) is 2. The van der Waals surface area contributed by atoms with Gasteiger partial charge in [0, 0.05) is 11.8 Å². The van der Waals surface area contributed by atoms with E-state index < -0.39 is 21.7 Å². The Hall–Kier alpha value is -2.38. The first-order valence-corrected chi connectivity index (χ1v) is 9.13. The lowest BCUT2D eigenvalue weighted by atomic mass is 10.1. The Morgan fingerprint density at radius 2 is 1.54 bits per heavy atom. The third-order valence-electron chi connectivity index (χ3n) is 3.29. The highest BCUT2D eigenvalue weighted by atomic mass is 35.5. The summed E-state index contributed by atoms with van der Waals surface area (Å²) in [6.45, 7) is 1.66. The predicted octanol–water partition coefficient (Wildman–Crippen LogP) is 2.13. The molecule has 0 radical (unpaired) electrons. The molecule has 0 fully saturated rings. The molecule has 0 bridgehead atoms. The Morgan fingerprint density at radius 3 is 2.12 bits per heavy atom. The van der Waals surface area contributed by atoms with Crippen LogP contribution in [0.2, 0.25) is 5.02 Å². The number of amides is 2. The second kappa shape index (κ2) is 7.02. The van der Waals surface area contributed by atoms with Crippen LogP contribution < -0.4 is 10.9 Å². The fraction of sp³-hybridized carbons (Fsp3) is 0.125. The second-order valence-electron chi connectivity index (χ2n) is 5.14. The average molecular weight is 367 g/mol. The van der Waals surface area contributed by atoms with Gasteiger partial charge in [0.05, 0.1) is 15.5 Å². The molecule has 0 aliphatic carbocycles. The molecule has 0 saturated carbocycles. The quantitative estimate of drug-likeness (QED) is 0.814. The van der Waals surface area contributed by atoms with Gasteiger partial charge in [-0.2, -0.15) is 0 Å². The monoisotopic (exact) mass is 366 g/mol. The smallest absolute Gasteiger partial charge is 0.267 e. The first-order chi connectivity index (χ1) is 11.2. The van der Waals surface area contributed by atoms with Crippen LogP contribution in [-0.4, -0.2) is 26.5 Å². The molecule has 0 spiro atoms. The summed E-state index contributed by atoms with van der Waals surface area (Å²) in [7, 11) is -3.44. The van der Waals surface area contributed by atoms with Crippen molar-refractivity contribution in [3.63, 3.8) is 0 Å². The zero-order valence-electron chi connectivity index (χ0n) is 13.0. The standard InChI is InChI=1S/C16H15ClN2O4S/c1-10-7-8-11(24(2,22)23)9-13(10)16(21)19-18-15(20)12-5-3-4-6-14(12)17/h3-9H,1-2H3,(H,18,20)(H,19,21). The van der Waals surface area contributed by atoms with Crippen LogP contribution in [0.15, 0.2) is 47.4 Å². The topological polar surface area (TPSA) is 92.3 Å². The van der Waals surface area contributed by atoms with E-state index in [-0.39, 0.29) is 21.0 Å². The minimum absolute atomic E-state index is 0.0238. The number of hydrazine groups is 1. The Bertz CT molecular complexity index is 910. The van der Waals surface area contributed by atoms with Crippen molar-refractivity contribution in [1.82, 2.24) is 10.9 Å². The Morgan fingerprint density at radius 1 is 0.958 bits per heavy atom. The van der Waals surface area contributed by atoms with Crippen molar-refractivity contribution < 1.29 is 18.0 Å². The van der Waals surface area contributed by atoms with Gasteiger partial charge in [-0.05, 0) is 36.8 Å². The second-order valence-corrected chi connectivity index (χ2v) is 7.56. The van der Waals surface area contributed by atoms with E-state index in [1.807, 2.05) is 0 Å². The minimum Gasteiger partial charge on any atom is -0.267 e. The normalized spacial score (nSPS) is 11.0. The van der Waals surface area contributed by atoms with Gasteiger partial charge in [-0.25, -0.2) is 8.42 Å². The van der Waals surface area contributed by atoms with Crippen molar-refractivity contribution in [1.29, 1.82) is 0 Å². The first-order valence-electron chi connectivity index (χ1n) is 6.86. The average Bonchev–Trinajstić information content (AvgIpc) is 2.52. The molecule has 6 nitrogen and oxygen atoms in total. The van der Waals surface area contributed by atoms with E-state index >= 15 is 0 Å². The van der Waals surface area contributed by atoms with Crippen LogP contribution in [0.1, 0.15) is 26.3 Å². The summed E-state index contributed by atoms with van der Waals surface area (Å²) in [5.41, 5.74) is 5.44. The lowest BCUT2D eigenvalue weighted by Gasteiger charge is -2.11. The zero-order valence-corrected chi connectivity index (χ0v) is 14.5. The molecule has 2 aromatic rings. The van der Waals surface area contributed by atoms with E-state index in [0.717, 1.165) is 6.26 Å². The van der Waals surface area contributed by atoms with Crippen molar-refractivity contribution in [3.8, 4) is 0 Å². The maximum absolute atomic E-state index is 12.2. The number of carbonyl (C=O) groups excluding carboxylic acids is 2. The maximum atomic E-state index is 12.2. The van der Waals surface area contributed by atoms with Crippen LogP contribution >= 0.6 is 11.6 Å². The summed E-state index contributed by atoms with van der Waals surface area (Å²) in [5, 5.41) is 0.250. The van der Waals surface area contributed by atoms with E-state index in [0.29, 0.717) is 5.56 Å². The largest absolute Gasteiger partial charge is 0.271 e. The summed E-state index contributed by atoms with van der Waals surface area (Å²) in [5.74, 6) is -1.20. The number of halogens is 1. The van der Waals surface area contributed by atoms with Gasteiger partial charge in [0.1, 0.15) is 0 Å². The van der Waals surface area contributed by atoms with Gasteiger partial charge >= 0.3 is 0 Å². The van der Waals surface area contributed by atoms with E-state index in [2.05, 4.69) is 10.9 Å². The minimum atomic E-state index is -3.44. The molecule has 0 heterocycles. The van der Waals surface area contributed by atoms with Gasteiger partial charge in [-0.15, -0.1) is 0 Å². The summed E-state index contributed by atoms with van der Waals surface area (Å²) in [6.07, 6.45) is 1.05. The van der Waals surface area contributed by atoms with E-state index in [4.69, 9.17) is 11.6 Å². The lowest BCUT2D eigenvalue weighted by molar-refractivity contribution is 0.0846. The van der Waals surface area contributed by atoms with Gasteiger partial charge in [-0.1, -0.05) is 29.8 Å². The molecule has 0 unspecified atom stereocenters. The molecule has 126 valence electrons. The van der Waals surface area contributed by atoms with E-state index in [1.165, 1.54) is 24.3 Å². The summed E-state index contributed by atoms with van der Waals surface area (Å²) >= 11 is 5.91. The fourth-order valence-corrected chi connectivity index (χ4v) is 2.84. The van der Waals surface area contributed by atoms with Crippen LogP contribution in [0.25, 0.3) is 0 Å². The Kier molecular flexibility index (Phi) is 5.26. The lowest BCUT2D eigenvalue weighted by Crippen LogP contribution is -2.42. The van der Waals surface area contributed by atoms with Gasteiger partial charge < -0.3 is 0 Å². The highest BCUT2D eigenvalue weighted by molar-refractivity contribution is 7.90. The number of rotatable bonds is 3. The van der Waals surface area contributed by atoms with Crippen LogP contribution in [-0.2, 0) is 9.84 Å². The van der Waals surface area contributed by atoms with Crippen LogP contribution in [0.4, 0.5) is 0 Å². The van der Waals surface area contributed by atoms with Gasteiger partial charge in [-0.3, -0.25) is 20.4 Å². The number of hydrogen-bond acceptors (Lipinski definition) is 4. The molecule has 0 aliphatic rings. The highest BCUT2D eigenvalue weighted by Crippen LogP contribution is 2.16. The molecule has 24 heavy (non-hydrogen) atoms. The number of nitrogens with one attached hydrogen (secondary N) is 2. The van der Waals surface area contributed by atoms with Gasteiger partial charge in [0.15, 0.2) is 9.84 Å². The zero-order chi connectivity index (χ0) is 17.9. The van der Waals surface area contributed by atoms with Crippen LogP contribution in [0.5, 0.6) is 0 Å². The molecule has 2 N–H and O–H groups in total. The van der Waals surface area contributed by atoms with Crippen molar-refractivity contribution in [3.05, 3.63) is 64.2 Å². The van der Waals surface area contributed by atoms with Gasteiger partial charge in [0.25, 0.3) is 11.8 Å². The van der Waals surface area contributed by atoms with Crippen molar-refractivity contribution in [2.75, 3.05) is 6.26 Å². The molecule has 2 rings (SSSR count). The third kappa shape index (κ3) is 4.12. The molecule has 2 aromatic carbocycles. The molecule has 8 heteroatoms. The number of aryl methyl sites for hydroxylation is 1. The molecular formula is C16H15ClN2O4S. The van der Waals surface area contributed by atoms with Crippen molar-refractivity contribution in [2.24, 2.45) is 0 Å². The summed E-state index contributed by atoms with van der Waals surface area (Å²) < 4.78 is 23.2. The molecule has 0 aliphatic heterocycles. The van der Waals surface area contributed by atoms with Crippen LogP contribution in [0, 0.1) is 6.92 Å². The summed E-state index contributed by atoms with van der Waals surface area (Å²) in [6, 6.07) is 10.6. The molecular weight excluding hydrogens is 352 g/mol. The van der Waals surface area contributed by atoms with E-state index in [1.54, 1.807) is 25.1 Å². The van der Waals surface area contributed by atoms with E-state index in [9.17, 15) is 18.0 Å². The van der Waals surface area contributed by atoms with Crippen LogP contribution in [0.3, 0.4) is 0 Å². The molecule has 0 saturated heterocycles. The number of benzene rings is 2. The number of carbonyl (C=O) groups is 2. The molecule has 2 amide bonds. The predicted molar refractivity (Wildman–Crippen MR) is 90.7 cm³/mol. The molecule has 0 atom stereocenters. The Labute approximate surface area is 144 Å². The van der Waals surface area contributed by atoms with Crippen molar-refractivity contribution in [2.45, 2.75) is 11.8 Å². The SMILES string of the molecule is Cc1ccc(S(C)(=O)=O)cc1C(=O)NNC(=O)c1ccccc1Cl. The third-order valence-corrected chi connectivity index (χ3v) is 4.73. The maximum Gasteiger partial charge on any atom is 0.271 e. The highest BCUT2D eigenvalue weighted by Gasteiger charge is 2.16. The Balaban J connectivity index is 2.16. The summed E-state index contributed by atoms with van der Waals surface area (Å²) in [4.78, 5) is 24.2. The van der Waals surface area contributed by atoms with Crippen molar-refractivity contribution >= 4 is 33.3 Å². The molecule has 0 aromatic heterocycles. The first kappa shape index (κ1) is 18.0. The van der Waals surface area contributed by atoms with Gasteiger partial charge in [0.2, 0.25) is 0 Å².